The van der Waals surface area contributed by atoms with Crippen molar-refractivity contribution in [2.24, 2.45) is 0 Å². The molecule has 0 saturated heterocycles. The molecule has 0 aliphatic carbocycles. The van der Waals surface area contributed by atoms with Crippen molar-refractivity contribution in [3.05, 3.63) is 59.2 Å². The molecule has 1 aliphatic heterocycles. The van der Waals surface area contributed by atoms with E-state index in [4.69, 9.17) is 23.7 Å². The molecular formula is C21H20O6. The van der Waals surface area contributed by atoms with Gasteiger partial charge in [0.2, 0.25) is 0 Å². The number of rotatable bonds is 6. The van der Waals surface area contributed by atoms with Gasteiger partial charge in [0.05, 0.1) is 39.6 Å². The lowest BCUT2D eigenvalue weighted by atomic mass is 10.1. The average Bonchev–Trinajstić information content (AvgIpc) is 3.07. The molecule has 0 fully saturated rings. The van der Waals surface area contributed by atoms with E-state index >= 15 is 0 Å². The quantitative estimate of drug-likeness (QED) is 0.572. The van der Waals surface area contributed by atoms with Crippen molar-refractivity contribution >= 4 is 17.8 Å². The average molecular weight is 368 g/mol. The first-order valence-corrected chi connectivity index (χ1v) is 8.19. The van der Waals surface area contributed by atoms with Crippen LogP contribution in [0.2, 0.25) is 0 Å². The molecule has 2 aromatic carbocycles. The van der Waals surface area contributed by atoms with Gasteiger partial charge in [0, 0.05) is 17.7 Å². The summed E-state index contributed by atoms with van der Waals surface area (Å²) in [6.07, 6.45) is 3.39. The molecule has 0 saturated carbocycles. The Morgan fingerprint density at radius 1 is 0.815 bits per heavy atom. The Bertz CT molecular complexity index is 926. The van der Waals surface area contributed by atoms with Crippen molar-refractivity contribution in [1.82, 2.24) is 0 Å². The van der Waals surface area contributed by atoms with E-state index in [9.17, 15) is 4.79 Å². The van der Waals surface area contributed by atoms with Crippen LogP contribution in [0.3, 0.4) is 0 Å². The highest BCUT2D eigenvalue weighted by Crippen LogP contribution is 2.36. The van der Waals surface area contributed by atoms with Crippen LogP contribution in [-0.2, 0) is 9.53 Å². The Morgan fingerprint density at radius 2 is 1.44 bits per heavy atom. The Morgan fingerprint density at radius 3 is 2.07 bits per heavy atom. The van der Waals surface area contributed by atoms with Gasteiger partial charge in [-0.3, -0.25) is 0 Å². The van der Waals surface area contributed by atoms with E-state index in [2.05, 4.69) is 0 Å². The summed E-state index contributed by atoms with van der Waals surface area (Å²) in [6, 6.07) is 10.7. The van der Waals surface area contributed by atoms with Gasteiger partial charge in [0.15, 0.2) is 0 Å². The number of hydrogen-bond donors (Lipinski definition) is 0. The second kappa shape index (κ2) is 7.86. The van der Waals surface area contributed by atoms with E-state index in [1.54, 1.807) is 70.9 Å². The number of benzene rings is 2. The third-order valence-electron chi connectivity index (χ3n) is 4.15. The lowest BCUT2D eigenvalue weighted by Gasteiger charge is -2.10. The van der Waals surface area contributed by atoms with Crippen molar-refractivity contribution in [3.8, 4) is 23.0 Å². The number of methoxy groups -OCH3 is 4. The van der Waals surface area contributed by atoms with Crippen LogP contribution >= 0.6 is 0 Å². The van der Waals surface area contributed by atoms with Gasteiger partial charge in [-0.05, 0) is 36.4 Å². The minimum atomic E-state index is -0.444. The van der Waals surface area contributed by atoms with Gasteiger partial charge < -0.3 is 23.7 Å². The van der Waals surface area contributed by atoms with Gasteiger partial charge in [-0.15, -0.1) is 0 Å². The molecule has 0 aromatic heterocycles. The largest absolute Gasteiger partial charge is 0.497 e. The third-order valence-corrected chi connectivity index (χ3v) is 4.15. The summed E-state index contributed by atoms with van der Waals surface area (Å²) in [6.45, 7) is 0. The monoisotopic (exact) mass is 368 g/mol. The first-order valence-electron chi connectivity index (χ1n) is 8.19. The minimum Gasteiger partial charge on any atom is -0.497 e. The second-order valence-corrected chi connectivity index (χ2v) is 5.67. The highest BCUT2D eigenvalue weighted by atomic mass is 16.5. The molecule has 6 nitrogen and oxygen atoms in total. The number of esters is 1. The number of ether oxygens (including phenoxy) is 5. The fourth-order valence-corrected chi connectivity index (χ4v) is 2.73. The van der Waals surface area contributed by atoms with Gasteiger partial charge in [-0.1, -0.05) is 0 Å². The summed E-state index contributed by atoms with van der Waals surface area (Å²) < 4.78 is 26.6. The summed E-state index contributed by atoms with van der Waals surface area (Å²) in [5, 5.41) is 0. The Labute approximate surface area is 157 Å². The summed E-state index contributed by atoms with van der Waals surface area (Å²) in [5.41, 5.74) is 1.81. The van der Waals surface area contributed by atoms with Crippen LogP contribution in [0.15, 0.2) is 48.0 Å². The molecule has 27 heavy (non-hydrogen) atoms. The number of cyclic esters (lactones) is 1. The van der Waals surface area contributed by atoms with Crippen molar-refractivity contribution < 1.29 is 28.5 Å². The van der Waals surface area contributed by atoms with Crippen molar-refractivity contribution in [1.29, 1.82) is 0 Å². The molecule has 0 bridgehead atoms. The maximum absolute atomic E-state index is 12.3. The SMILES string of the molecule is COc1ccc(/C=C2/C=C(c3ccc(OC)cc3OC)OC2=O)c(OC)c1. The van der Waals surface area contributed by atoms with Gasteiger partial charge in [-0.2, -0.15) is 0 Å². The minimum absolute atomic E-state index is 0.409. The summed E-state index contributed by atoms with van der Waals surface area (Å²) in [5.74, 6) is 2.44. The highest BCUT2D eigenvalue weighted by molar-refractivity contribution is 6.05. The Balaban J connectivity index is 1.99. The van der Waals surface area contributed by atoms with Crippen LogP contribution in [0.25, 0.3) is 11.8 Å². The van der Waals surface area contributed by atoms with Crippen LogP contribution in [0.1, 0.15) is 11.1 Å². The molecule has 1 heterocycles. The zero-order chi connectivity index (χ0) is 19.4. The number of carbonyl (C=O) groups excluding carboxylic acids is 1. The molecule has 6 heteroatoms. The van der Waals surface area contributed by atoms with Crippen LogP contribution in [0.4, 0.5) is 0 Å². The van der Waals surface area contributed by atoms with Gasteiger partial charge in [0.1, 0.15) is 28.8 Å². The lowest BCUT2D eigenvalue weighted by Crippen LogP contribution is -1.99. The van der Waals surface area contributed by atoms with E-state index < -0.39 is 5.97 Å². The summed E-state index contributed by atoms with van der Waals surface area (Å²) in [4.78, 5) is 12.3. The van der Waals surface area contributed by atoms with Gasteiger partial charge in [-0.25, -0.2) is 4.79 Å². The number of hydrogen-bond acceptors (Lipinski definition) is 6. The standard InChI is InChI=1S/C21H20O6/c1-23-15-6-5-13(18(11-15)25-3)9-14-10-20(27-21(14)22)17-8-7-16(24-2)12-19(17)26-4/h5-12H,1-4H3/b14-9-. The van der Waals surface area contributed by atoms with E-state index in [1.165, 1.54) is 0 Å². The first-order chi connectivity index (χ1) is 13.1. The van der Waals surface area contributed by atoms with E-state index in [0.29, 0.717) is 39.9 Å². The van der Waals surface area contributed by atoms with Crippen molar-refractivity contribution in [2.45, 2.75) is 0 Å². The van der Waals surface area contributed by atoms with Crippen molar-refractivity contribution in [3.63, 3.8) is 0 Å². The summed E-state index contributed by atoms with van der Waals surface area (Å²) in [7, 11) is 6.27. The molecule has 0 spiro atoms. The molecule has 0 unspecified atom stereocenters. The smallest absolute Gasteiger partial charge is 0.343 e. The van der Waals surface area contributed by atoms with E-state index in [0.717, 1.165) is 5.56 Å². The topological polar surface area (TPSA) is 63.2 Å². The zero-order valence-corrected chi connectivity index (χ0v) is 15.6. The summed E-state index contributed by atoms with van der Waals surface area (Å²) >= 11 is 0. The predicted octanol–water partition coefficient (Wildman–Crippen LogP) is 3.70. The molecule has 2 aromatic rings. The highest BCUT2D eigenvalue weighted by Gasteiger charge is 2.25. The molecule has 3 rings (SSSR count). The predicted molar refractivity (Wildman–Crippen MR) is 101 cm³/mol. The maximum atomic E-state index is 12.3. The van der Waals surface area contributed by atoms with E-state index in [-0.39, 0.29) is 0 Å². The Hall–Kier alpha value is -3.41. The van der Waals surface area contributed by atoms with E-state index in [1.807, 2.05) is 6.07 Å². The molecule has 0 atom stereocenters. The number of carbonyl (C=O) groups is 1. The molecule has 0 radical (unpaired) electrons. The zero-order valence-electron chi connectivity index (χ0n) is 15.6. The van der Waals surface area contributed by atoms with Gasteiger partial charge >= 0.3 is 5.97 Å². The van der Waals surface area contributed by atoms with Crippen molar-refractivity contribution in [2.75, 3.05) is 28.4 Å². The second-order valence-electron chi connectivity index (χ2n) is 5.67. The maximum Gasteiger partial charge on any atom is 0.343 e. The lowest BCUT2D eigenvalue weighted by molar-refractivity contribution is -0.130. The molecule has 0 N–H and O–H groups in total. The van der Waals surface area contributed by atoms with Crippen LogP contribution in [0.5, 0.6) is 23.0 Å². The van der Waals surface area contributed by atoms with Crippen LogP contribution < -0.4 is 18.9 Å². The Kier molecular flexibility index (Phi) is 5.35. The molecular weight excluding hydrogens is 348 g/mol. The molecule has 0 amide bonds. The fourth-order valence-electron chi connectivity index (χ4n) is 2.73. The van der Waals surface area contributed by atoms with Gasteiger partial charge in [0.25, 0.3) is 0 Å². The van der Waals surface area contributed by atoms with Crippen LogP contribution in [0, 0.1) is 0 Å². The first kappa shape index (κ1) is 18.4. The normalized spacial score (nSPS) is 14.6. The molecule has 1 aliphatic rings. The molecule has 140 valence electrons. The van der Waals surface area contributed by atoms with Crippen LogP contribution in [-0.4, -0.2) is 34.4 Å². The fraction of sp³-hybridized carbons (Fsp3) is 0.190. The third kappa shape index (κ3) is 3.74.